The maximum Gasteiger partial charge on any atom is 0.269 e. The number of nitrogens with zero attached hydrogens (tertiary/aromatic N) is 2. The number of hydrogen-bond acceptors (Lipinski definition) is 2. The number of carbonyl (C=O) groups excluding carboxylic acids is 1. The third-order valence-electron chi connectivity index (χ3n) is 3.22. The molecule has 106 valence electrons. The van der Waals surface area contributed by atoms with Crippen LogP contribution in [-0.4, -0.2) is 15.7 Å². The number of benzene rings is 2. The number of carbonyl (C=O) groups is 1. The van der Waals surface area contributed by atoms with Crippen LogP contribution < -0.4 is 5.73 Å². The van der Waals surface area contributed by atoms with Crippen molar-refractivity contribution in [3.63, 3.8) is 0 Å². The highest BCUT2D eigenvalue weighted by molar-refractivity contribution is 6.04. The number of hydrogen-bond donors (Lipinski definition) is 1. The van der Waals surface area contributed by atoms with Gasteiger partial charge in [0, 0.05) is 10.9 Å². The van der Waals surface area contributed by atoms with E-state index in [9.17, 15) is 13.6 Å². The van der Waals surface area contributed by atoms with E-state index in [0.717, 1.165) is 0 Å². The second kappa shape index (κ2) is 4.97. The Morgan fingerprint density at radius 2 is 1.95 bits per heavy atom. The molecule has 0 aliphatic carbocycles. The van der Waals surface area contributed by atoms with Gasteiger partial charge in [-0.1, -0.05) is 18.2 Å². The van der Waals surface area contributed by atoms with Gasteiger partial charge in [0.05, 0.1) is 12.1 Å². The van der Waals surface area contributed by atoms with E-state index < -0.39 is 11.7 Å². The van der Waals surface area contributed by atoms with Gasteiger partial charge in [0.15, 0.2) is 5.69 Å². The molecule has 6 heteroatoms. The largest absolute Gasteiger partial charge is 0.364 e. The molecule has 0 saturated heterocycles. The fourth-order valence-electron chi connectivity index (χ4n) is 2.24. The smallest absolute Gasteiger partial charge is 0.269 e. The number of fused-ring (bicyclic) bond motifs is 1. The lowest BCUT2D eigenvalue weighted by atomic mass is 10.2. The van der Waals surface area contributed by atoms with Gasteiger partial charge >= 0.3 is 0 Å². The molecule has 1 aromatic heterocycles. The zero-order chi connectivity index (χ0) is 15.0. The number of nitrogens with two attached hydrogens (primary N) is 1. The van der Waals surface area contributed by atoms with Crippen LogP contribution in [-0.2, 0) is 6.54 Å². The summed E-state index contributed by atoms with van der Waals surface area (Å²) >= 11 is 0. The van der Waals surface area contributed by atoms with Crippen LogP contribution in [0.4, 0.5) is 8.78 Å². The summed E-state index contributed by atoms with van der Waals surface area (Å²) in [4.78, 5) is 11.4. The van der Waals surface area contributed by atoms with Crippen LogP contribution in [0.1, 0.15) is 16.1 Å². The number of halogens is 2. The lowest BCUT2D eigenvalue weighted by Crippen LogP contribution is -2.13. The minimum absolute atomic E-state index is 0.0270. The SMILES string of the molecule is NC(=O)c1nn(Cc2ccccc2F)c2ccc(F)cc12. The number of amides is 1. The molecule has 0 saturated carbocycles. The van der Waals surface area contributed by atoms with E-state index in [2.05, 4.69) is 5.10 Å². The first-order valence-corrected chi connectivity index (χ1v) is 6.25. The van der Waals surface area contributed by atoms with Crippen molar-refractivity contribution in [2.75, 3.05) is 0 Å². The maximum absolute atomic E-state index is 13.7. The van der Waals surface area contributed by atoms with Gasteiger partial charge in [-0.05, 0) is 24.3 Å². The quantitative estimate of drug-likeness (QED) is 0.804. The molecule has 21 heavy (non-hydrogen) atoms. The van der Waals surface area contributed by atoms with Gasteiger partial charge in [-0.2, -0.15) is 5.10 Å². The predicted molar refractivity (Wildman–Crippen MR) is 73.7 cm³/mol. The zero-order valence-corrected chi connectivity index (χ0v) is 10.9. The van der Waals surface area contributed by atoms with Crippen LogP contribution in [0, 0.1) is 11.6 Å². The third kappa shape index (κ3) is 2.35. The standard InChI is InChI=1S/C15H11F2N3O/c16-10-5-6-13-11(7-10)14(15(18)21)19-20(13)8-9-3-1-2-4-12(9)17/h1-7H,8H2,(H2,18,21). The van der Waals surface area contributed by atoms with Gasteiger partial charge < -0.3 is 5.73 Å². The molecule has 0 fully saturated rings. The van der Waals surface area contributed by atoms with Gasteiger partial charge in [0.25, 0.3) is 5.91 Å². The van der Waals surface area contributed by atoms with Crippen molar-refractivity contribution in [2.45, 2.75) is 6.54 Å². The van der Waals surface area contributed by atoms with Gasteiger partial charge in [0.1, 0.15) is 11.6 Å². The molecule has 0 unspecified atom stereocenters. The second-order valence-corrected chi connectivity index (χ2v) is 4.62. The van der Waals surface area contributed by atoms with Gasteiger partial charge in [0.2, 0.25) is 0 Å². The number of aromatic nitrogens is 2. The summed E-state index contributed by atoms with van der Waals surface area (Å²) in [7, 11) is 0. The van der Waals surface area contributed by atoms with E-state index >= 15 is 0 Å². The lowest BCUT2D eigenvalue weighted by Gasteiger charge is -2.04. The Kier molecular flexibility index (Phi) is 3.13. The van der Waals surface area contributed by atoms with Crippen LogP contribution >= 0.6 is 0 Å². The van der Waals surface area contributed by atoms with Crippen molar-refractivity contribution in [3.8, 4) is 0 Å². The Balaban J connectivity index is 2.15. The van der Waals surface area contributed by atoms with Gasteiger partial charge in [-0.3, -0.25) is 9.48 Å². The average molecular weight is 287 g/mol. The number of rotatable bonds is 3. The van der Waals surface area contributed by atoms with Crippen molar-refractivity contribution >= 4 is 16.8 Å². The molecule has 1 amide bonds. The minimum Gasteiger partial charge on any atom is -0.364 e. The van der Waals surface area contributed by atoms with E-state index in [1.54, 1.807) is 18.2 Å². The highest BCUT2D eigenvalue weighted by Gasteiger charge is 2.16. The van der Waals surface area contributed by atoms with Gasteiger partial charge in [-0.25, -0.2) is 8.78 Å². The fraction of sp³-hybridized carbons (Fsp3) is 0.0667. The third-order valence-corrected chi connectivity index (χ3v) is 3.22. The zero-order valence-electron chi connectivity index (χ0n) is 10.9. The molecule has 4 nitrogen and oxygen atoms in total. The highest BCUT2D eigenvalue weighted by Crippen LogP contribution is 2.21. The van der Waals surface area contributed by atoms with Crippen molar-refractivity contribution in [1.29, 1.82) is 0 Å². The Morgan fingerprint density at radius 3 is 2.67 bits per heavy atom. The van der Waals surface area contributed by atoms with Crippen LogP contribution in [0.25, 0.3) is 10.9 Å². The minimum atomic E-state index is -0.752. The van der Waals surface area contributed by atoms with Crippen molar-refractivity contribution in [3.05, 3.63) is 65.4 Å². The topological polar surface area (TPSA) is 60.9 Å². The molecule has 2 N–H and O–H groups in total. The summed E-state index contributed by atoms with van der Waals surface area (Å²) in [6, 6.07) is 10.2. The molecule has 0 atom stereocenters. The summed E-state index contributed by atoms with van der Waals surface area (Å²) in [6.45, 7) is 0.127. The first-order chi connectivity index (χ1) is 10.1. The van der Waals surface area contributed by atoms with E-state index in [4.69, 9.17) is 5.73 Å². The maximum atomic E-state index is 13.7. The molecule has 3 aromatic rings. The molecule has 1 heterocycles. The monoisotopic (exact) mass is 287 g/mol. The molecular formula is C15H11F2N3O. The molecule has 0 aliphatic heterocycles. The Hall–Kier alpha value is -2.76. The van der Waals surface area contributed by atoms with Crippen molar-refractivity contribution in [2.24, 2.45) is 5.73 Å². The normalized spacial score (nSPS) is 11.0. The molecular weight excluding hydrogens is 276 g/mol. The van der Waals surface area contributed by atoms with Crippen LogP contribution in [0.2, 0.25) is 0 Å². The number of primary amides is 1. The van der Waals surface area contributed by atoms with Crippen molar-refractivity contribution in [1.82, 2.24) is 9.78 Å². The first-order valence-electron chi connectivity index (χ1n) is 6.25. The summed E-state index contributed by atoms with van der Waals surface area (Å²) in [5.41, 5.74) is 6.17. The molecule has 0 aliphatic rings. The Labute approximate surface area is 118 Å². The van der Waals surface area contributed by atoms with Crippen LogP contribution in [0.15, 0.2) is 42.5 Å². The van der Waals surface area contributed by atoms with Crippen LogP contribution in [0.3, 0.4) is 0 Å². The average Bonchev–Trinajstić information content (AvgIpc) is 2.79. The highest BCUT2D eigenvalue weighted by atomic mass is 19.1. The van der Waals surface area contributed by atoms with E-state index in [1.165, 1.54) is 28.9 Å². The van der Waals surface area contributed by atoms with Gasteiger partial charge in [-0.15, -0.1) is 0 Å². The molecule has 3 rings (SSSR count). The summed E-state index contributed by atoms with van der Waals surface area (Å²) in [5, 5.41) is 4.39. The summed E-state index contributed by atoms with van der Waals surface area (Å²) in [5.74, 6) is -1.61. The summed E-state index contributed by atoms with van der Waals surface area (Å²) in [6.07, 6.45) is 0. The molecule has 2 aromatic carbocycles. The predicted octanol–water partition coefficient (Wildman–Crippen LogP) is 2.46. The molecule has 0 bridgehead atoms. The van der Waals surface area contributed by atoms with E-state index in [1.807, 2.05) is 0 Å². The first kappa shape index (κ1) is 13.2. The molecule has 0 radical (unpaired) electrons. The Morgan fingerprint density at radius 1 is 1.19 bits per heavy atom. The Bertz CT molecular complexity index is 842. The second-order valence-electron chi connectivity index (χ2n) is 4.62. The summed E-state index contributed by atoms with van der Waals surface area (Å²) < 4.78 is 28.5. The molecule has 0 spiro atoms. The van der Waals surface area contributed by atoms with E-state index in [0.29, 0.717) is 16.5 Å². The van der Waals surface area contributed by atoms with Crippen LogP contribution in [0.5, 0.6) is 0 Å². The lowest BCUT2D eigenvalue weighted by molar-refractivity contribution is 0.0996. The van der Waals surface area contributed by atoms with Crippen molar-refractivity contribution < 1.29 is 13.6 Å². The van der Waals surface area contributed by atoms with E-state index in [-0.39, 0.29) is 18.1 Å². The fourth-order valence-corrected chi connectivity index (χ4v) is 2.24.